The Morgan fingerprint density at radius 1 is 0.567 bits per heavy atom. The summed E-state index contributed by atoms with van der Waals surface area (Å²) in [5, 5.41) is 0. The Morgan fingerprint density at radius 3 is 1.07 bits per heavy atom. The fourth-order valence-electron chi connectivity index (χ4n) is 6.72. The summed E-state index contributed by atoms with van der Waals surface area (Å²) in [6, 6.07) is 0. The summed E-state index contributed by atoms with van der Waals surface area (Å²) in [7, 11) is 4.79. The molecule has 0 N–H and O–H groups in total. The zero-order chi connectivity index (χ0) is 23.6. The van der Waals surface area contributed by atoms with E-state index in [0.29, 0.717) is 10.8 Å². The van der Waals surface area contributed by atoms with Gasteiger partial charge < -0.3 is 0 Å². The van der Waals surface area contributed by atoms with E-state index in [1.165, 1.54) is 38.5 Å². The van der Waals surface area contributed by atoms with E-state index in [1.807, 2.05) is 0 Å². The average Bonchev–Trinajstić information content (AvgIpc) is 2.53. The Labute approximate surface area is 190 Å². The van der Waals surface area contributed by atoms with Gasteiger partial charge in [0.05, 0.1) is 0 Å². The van der Waals surface area contributed by atoms with Crippen molar-refractivity contribution in [3.05, 3.63) is 0 Å². The lowest BCUT2D eigenvalue weighted by molar-refractivity contribution is -0.0965. The van der Waals surface area contributed by atoms with E-state index in [4.69, 9.17) is 0 Å². The van der Waals surface area contributed by atoms with Crippen molar-refractivity contribution in [3.63, 3.8) is 0 Å². The molecule has 0 bridgehead atoms. The third-order valence-electron chi connectivity index (χ3n) is 9.95. The van der Waals surface area contributed by atoms with Crippen molar-refractivity contribution in [2.75, 3.05) is 14.1 Å². The molecule has 2 heterocycles. The maximum Gasteiger partial charge on any atom is 0.0187 e. The van der Waals surface area contributed by atoms with Crippen LogP contribution in [0.3, 0.4) is 0 Å². The molecule has 0 aromatic rings. The van der Waals surface area contributed by atoms with Crippen molar-refractivity contribution in [2.45, 2.75) is 144 Å². The van der Waals surface area contributed by atoms with Crippen LogP contribution in [0, 0.1) is 22.7 Å². The second-order valence-electron chi connectivity index (χ2n) is 15.2. The molecule has 4 atom stereocenters. The van der Waals surface area contributed by atoms with Crippen LogP contribution in [-0.4, -0.2) is 46.1 Å². The van der Waals surface area contributed by atoms with Gasteiger partial charge in [0, 0.05) is 22.2 Å². The van der Waals surface area contributed by atoms with Crippen molar-refractivity contribution in [2.24, 2.45) is 22.7 Å². The number of hydrogen-bond donors (Lipinski definition) is 0. The summed E-state index contributed by atoms with van der Waals surface area (Å²) in [4.78, 5) is 5.47. The fourth-order valence-corrected chi connectivity index (χ4v) is 6.72. The molecule has 2 aliphatic rings. The first-order valence-electron chi connectivity index (χ1n) is 12.6. The first-order valence-corrected chi connectivity index (χ1v) is 12.6. The molecule has 4 unspecified atom stereocenters. The SMILES string of the molecule is CN1C(C)(C)CC(C(C)(C)C)CC1(C)CCC1(C)CC(C(C)(C)C)CC(C)(C)N1C. The lowest BCUT2D eigenvalue weighted by Gasteiger charge is -2.60. The predicted molar refractivity (Wildman–Crippen MR) is 134 cm³/mol. The molecule has 0 aromatic carbocycles. The van der Waals surface area contributed by atoms with Crippen LogP contribution in [0.1, 0.15) is 122 Å². The molecule has 0 spiro atoms. The van der Waals surface area contributed by atoms with Crippen molar-refractivity contribution < 1.29 is 0 Å². The topological polar surface area (TPSA) is 6.48 Å². The van der Waals surface area contributed by atoms with Crippen LogP contribution in [0.15, 0.2) is 0 Å². The summed E-state index contributed by atoms with van der Waals surface area (Å²) in [5.74, 6) is 1.56. The molecule has 2 aliphatic heterocycles. The van der Waals surface area contributed by atoms with E-state index < -0.39 is 0 Å². The van der Waals surface area contributed by atoms with Gasteiger partial charge in [0.2, 0.25) is 0 Å². The minimum atomic E-state index is 0.261. The summed E-state index contributed by atoms with van der Waals surface area (Å²) >= 11 is 0. The highest BCUT2D eigenvalue weighted by Crippen LogP contribution is 2.52. The molecular weight excluding hydrogens is 364 g/mol. The van der Waals surface area contributed by atoms with Crippen molar-refractivity contribution in [3.8, 4) is 0 Å². The van der Waals surface area contributed by atoms with E-state index >= 15 is 0 Å². The van der Waals surface area contributed by atoms with E-state index in [-0.39, 0.29) is 22.2 Å². The Morgan fingerprint density at radius 2 is 0.833 bits per heavy atom. The lowest BCUT2D eigenvalue weighted by atomic mass is 9.61. The number of hydrogen-bond acceptors (Lipinski definition) is 2. The number of piperidine rings is 2. The Kier molecular flexibility index (Phi) is 6.77. The molecule has 2 saturated heterocycles. The quantitative estimate of drug-likeness (QED) is 0.463. The highest BCUT2D eigenvalue weighted by Gasteiger charge is 2.52. The summed E-state index contributed by atoms with van der Waals surface area (Å²) in [6.45, 7) is 29.7. The standard InChI is InChI=1S/C28H56N2/c1-23(2,3)21-17-25(7,8)29(13)27(11,19-21)15-16-28(12)20-22(24(4,5)6)18-26(9,10)30(28)14/h21-22H,15-20H2,1-14H3. The first kappa shape index (κ1) is 26.2. The Hall–Kier alpha value is -0.0800. The largest absolute Gasteiger partial charge is 0.296 e. The minimum Gasteiger partial charge on any atom is -0.296 e. The highest BCUT2D eigenvalue weighted by molar-refractivity contribution is 5.07. The van der Waals surface area contributed by atoms with Gasteiger partial charge in [-0.2, -0.15) is 0 Å². The van der Waals surface area contributed by atoms with Crippen LogP contribution in [0.2, 0.25) is 0 Å². The highest BCUT2D eigenvalue weighted by atomic mass is 15.3. The first-order chi connectivity index (χ1) is 13.1. The van der Waals surface area contributed by atoms with Crippen LogP contribution in [-0.2, 0) is 0 Å². The van der Waals surface area contributed by atoms with Gasteiger partial charge in [-0.25, -0.2) is 0 Å². The molecule has 0 aliphatic carbocycles. The maximum absolute atomic E-state index is 2.74. The molecular formula is C28H56N2. The third-order valence-corrected chi connectivity index (χ3v) is 9.95. The molecule has 0 radical (unpaired) electrons. The Balaban J connectivity index is 2.29. The van der Waals surface area contributed by atoms with Crippen molar-refractivity contribution in [1.82, 2.24) is 9.80 Å². The second kappa shape index (κ2) is 7.75. The van der Waals surface area contributed by atoms with Gasteiger partial charge in [-0.15, -0.1) is 0 Å². The zero-order valence-electron chi connectivity index (χ0n) is 23.3. The molecule has 0 amide bonds. The molecule has 178 valence electrons. The van der Waals surface area contributed by atoms with E-state index in [9.17, 15) is 0 Å². The van der Waals surface area contributed by atoms with Crippen molar-refractivity contribution in [1.29, 1.82) is 0 Å². The van der Waals surface area contributed by atoms with Gasteiger partial charge in [-0.3, -0.25) is 9.80 Å². The van der Waals surface area contributed by atoms with E-state index in [0.717, 1.165) is 11.8 Å². The van der Waals surface area contributed by atoms with Gasteiger partial charge in [0.15, 0.2) is 0 Å². The summed E-state index contributed by atoms with van der Waals surface area (Å²) in [5.41, 5.74) is 1.81. The smallest absolute Gasteiger partial charge is 0.0187 e. The lowest BCUT2D eigenvalue weighted by Crippen LogP contribution is -2.64. The summed E-state index contributed by atoms with van der Waals surface area (Å²) < 4.78 is 0. The molecule has 2 nitrogen and oxygen atoms in total. The monoisotopic (exact) mass is 420 g/mol. The Bertz CT molecular complexity index is 551. The zero-order valence-corrected chi connectivity index (χ0v) is 23.3. The fraction of sp³-hybridized carbons (Fsp3) is 1.00. The molecule has 2 heteroatoms. The average molecular weight is 421 g/mol. The molecule has 2 rings (SSSR count). The molecule has 30 heavy (non-hydrogen) atoms. The van der Waals surface area contributed by atoms with Gasteiger partial charge >= 0.3 is 0 Å². The molecule has 0 aromatic heterocycles. The van der Waals surface area contributed by atoms with Crippen LogP contribution in [0.5, 0.6) is 0 Å². The predicted octanol–water partition coefficient (Wildman–Crippen LogP) is 7.62. The number of likely N-dealkylation sites (tertiary alicyclic amines) is 2. The van der Waals surface area contributed by atoms with Crippen LogP contribution in [0.25, 0.3) is 0 Å². The van der Waals surface area contributed by atoms with Crippen LogP contribution < -0.4 is 0 Å². The minimum absolute atomic E-state index is 0.261. The van der Waals surface area contributed by atoms with Gasteiger partial charge in [-0.05, 0) is 117 Å². The number of rotatable bonds is 3. The third kappa shape index (κ3) is 5.11. The van der Waals surface area contributed by atoms with Crippen LogP contribution in [0.4, 0.5) is 0 Å². The summed E-state index contributed by atoms with van der Waals surface area (Å²) in [6.07, 6.45) is 7.82. The van der Waals surface area contributed by atoms with E-state index in [2.05, 4.69) is 107 Å². The van der Waals surface area contributed by atoms with Gasteiger partial charge in [0.1, 0.15) is 0 Å². The number of nitrogens with zero attached hydrogens (tertiary/aromatic N) is 2. The normalized spacial score (nSPS) is 38.6. The van der Waals surface area contributed by atoms with Crippen LogP contribution >= 0.6 is 0 Å². The second-order valence-corrected chi connectivity index (χ2v) is 15.2. The molecule has 2 fully saturated rings. The van der Waals surface area contributed by atoms with Gasteiger partial charge in [-0.1, -0.05) is 41.5 Å². The van der Waals surface area contributed by atoms with Gasteiger partial charge in [0.25, 0.3) is 0 Å². The molecule has 0 saturated carbocycles. The van der Waals surface area contributed by atoms with E-state index in [1.54, 1.807) is 0 Å². The maximum atomic E-state index is 2.74. The van der Waals surface area contributed by atoms with Crippen molar-refractivity contribution >= 4 is 0 Å².